The fourth-order valence-corrected chi connectivity index (χ4v) is 2.70. The molecule has 0 aromatic carbocycles. The van der Waals surface area contributed by atoms with Crippen LogP contribution in [0.1, 0.15) is 39.5 Å². The molecule has 1 aliphatic carbocycles. The van der Waals surface area contributed by atoms with Gasteiger partial charge in [0, 0.05) is 18.6 Å². The first kappa shape index (κ1) is 7.60. The molecule has 2 fully saturated rings. The second-order valence-electron chi connectivity index (χ2n) is 4.40. The van der Waals surface area contributed by atoms with Crippen molar-refractivity contribution >= 4 is 0 Å². The third-order valence-electron chi connectivity index (χ3n) is 3.40. The number of likely N-dealkylation sites (tertiary alicyclic amines) is 1. The maximum absolute atomic E-state index is 2.67. The molecule has 0 aromatic heterocycles. The van der Waals surface area contributed by atoms with E-state index in [0.29, 0.717) is 0 Å². The summed E-state index contributed by atoms with van der Waals surface area (Å²) in [5, 5.41) is 0. The van der Waals surface area contributed by atoms with E-state index < -0.39 is 0 Å². The molecule has 2 rings (SSSR count). The van der Waals surface area contributed by atoms with Crippen LogP contribution in [-0.4, -0.2) is 23.5 Å². The summed E-state index contributed by atoms with van der Waals surface area (Å²) < 4.78 is 0. The van der Waals surface area contributed by atoms with Gasteiger partial charge in [-0.2, -0.15) is 0 Å². The topological polar surface area (TPSA) is 3.24 Å². The summed E-state index contributed by atoms with van der Waals surface area (Å²) in [6.45, 7) is 6.04. The van der Waals surface area contributed by atoms with Crippen LogP contribution in [0.15, 0.2) is 0 Å². The molecule has 2 atom stereocenters. The van der Waals surface area contributed by atoms with Crippen LogP contribution in [0, 0.1) is 5.92 Å². The Bertz CT molecular complexity index is 142. The summed E-state index contributed by atoms with van der Waals surface area (Å²) in [5.41, 5.74) is 0. The molecule has 1 heteroatoms. The summed E-state index contributed by atoms with van der Waals surface area (Å²) in [7, 11) is 0. The first-order valence-corrected chi connectivity index (χ1v) is 5.05. The van der Waals surface area contributed by atoms with Gasteiger partial charge in [-0.15, -0.1) is 0 Å². The number of hydrogen-bond donors (Lipinski definition) is 0. The first-order chi connectivity index (χ1) is 5.29. The van der Waals surface area contributed by atoms with Crippen LogP contribution in [0.4, 0.5) is 0 Å². The molecular weight excluding hydrogens is 134 g/mol. The number of nitrogens with zero attached hydrogens (tertiary/aromatic N) is 1. The Morgan fingerprint density at radius 1 is 1.18 bits per heavy atom. The largest absolute Gasteiger partial charge is 0.297 e. The molecule has 2 unspecified atom stereocenters. The Morgan fingerprint density at radius 2 is 1.91 bits per heavy atom. The Balaban J connectivity index is 1.91. The third kappa shape index (κ3) is 1.20. The molecule has 1 aliphatic heterocycles. The molecule has 0 radical (unpaired) electrons. The molecule has 0 amide bonds. The van der Waals surface area contributed by atoms with Gasteiger partial charge in [0.2, 0.25) is 0 Å². The zero-order valence-corrected chi connectivity index (χ0v) is 7.71. The van der Waals surface area contributed by atoms with E-state index in [1.54, 1.807) is 0 Å². The summed E-state index contributed by atoms with van der Waals surface area (Å²) in [5.74, 6) is 1.08. The molecular formula is C10H19N. The normalized spacial score (nSPS) is 38.5. The molecule has 11 heavy (non-hydrogen) atoms. The minimum atomic E-state index is 0.786. The molecule has 1 nitrogen and oxygen atoms in total. The van der Waals surface area contributed by atoms with Gasteiger partial charge in [-0.25, -0.2) is 0 Å². The zero-order chi connectivity index (χ0) is 7.84. The Hall–Kier alpha value is -0.0400. The van der Waals surface area contributed by atoms with Crippen LogP contribution < -0.4 is 0 Å². The fraction of sp³-hybridized carbons (Fsp3) is 1.00. The molecule has 2 aliphatic rings. The lowest BCUT2D eigenvalue weighted by Crippen LogP contribution is -2.59. The minimum absolute atomic E-state index is 0.786. The summed E-state index contributed by atoms with van der Waals surface area (Å²) >= 11 is 0. The van der Waals surface area contributed by atoms with Gasteiger partial charge in [-0.3, -0.25) is 4.90 Å². The van der Waals surface area contributed by atoms with E-state index in [1.165, 1.54) is 32.2 Å². The second kappa shape index (κ2) is 2.78. The monoisotopic (exact) mass is 153 g/mol. The highest BCUT2D eigenvalue weighted by molar-refractivity contribution is 4.95. The predicted octanol–water partition coefficient (Wildman–Crippen LogP) is 2.27. The van der Waals surface area contributed by atoms with E-state index in [9.17, 15) is 0 Å². The quantitative estimate of drug-likeness (QED) is 0.558. The van der Waals surface area contributed by atoms with Crippen molar-refractivity contribution in [1.29, 1.82) is 0 Å². The van der Waals surface area contributed by atoms with Crippen LogP contribution in [0.5, 0.6) is 0 Å². The van der Waals surface area contributed by atoms with Crippen molar-refractivity contribution < 1.29 is 0 Å². The highest BCUT2D eigenvalue weighted by Crippen LogP contribution is 2.38. The standard InChI is InChI=1S/C10H19N/c1-8(2)11-7-9-5-3-4-6-10(9)11/h8-10H,3-7H2,1-2H3. The Labute approximate surface area is 69.8 Å². The Morgan fingerprint density at radius 3 is 2.55 bits per heavy atom. The van der Waals surface area contributed by atoms with E-state index in [0.717, 1.165) is 18.0 Å². The van der Waals surface area contributed by atoms with E-state index in [-0.39, 0.29) is 0 Å². The van der Waals surface area contributed by atoms with E-state index in [4.69, 9.17) is 0 Å². The lowest BCUT2D eigenvalue weighted by atomic mass is 9.76. The van der Waals surface area contributed by atoms with Crippen molar-refractivity contribution in [3.8, 4) is 0 Å². The Kier molecular flexibility index (Phi) is 1.92. The van der Waals surface area contributed by atoms with Gasteiger partial charge in [-0.05, 0) is 32.6 Å². The lowest BCUT2D eigenvalue weighted by molar-refractivity contribution is -0.0369. The van der Waals surface area contributed by atoms with Crippen molar-refractivity contribution in [2.75, 3.05) is 6.54 Å². The average molecular weight is 153 g/mol. The van der Waals surface area contributed by atoms with Gasteiger partial charge >= 0.3 is 0 Å². The van der Waals surface area contributed by atoms with Crippen molar-refractivity contribution in [2.45, 2.75) is 51.6 Å². The van der Waals surface area contributed by atoms with Gasteiger partial charge in [0.05, 0.1) is 0 Å². The highest BCUT2D eigenvalue weighted by atomic mass is 15.2. The summed E-state index contributed by atoms with van der Waals surface area (Å²) in [4.78, 5) is 2.67. The fourth-order valence-electron chi connectivity index (χ4n) is 2.70. The maximum atomic E-state index is 2.67. The maximum Gasteiger partial charge on any atom is 0.0139 e. The van der Waals surface area contributed by atoms with Crippen LogP contribution in [-0.2, 0) is 0 Å². The molecule has 0 aromatic rings. The van der Waals surface area contributed by atoms with E-state index >= 15 is 0 Å². The molecule has 64 valence electrons. The van der Waals surface area contributed by atoms with Gasteiger partial charge in [0.25, 0.3) is 0 Å². The molecule has 1 saturated heterocycles. The predicted molar refractivity (Wildman–Crippen MR) is 47.6 cm³/mol. The van der Waals surface area contributed by atoms with Crippen LogP contribution in [0.3, 0.4) is 0 Å². The first-order valence-electron chi connectivity index (χ1n) is 5.05. The number of rotatable bonds is 1. The van der Waals surface area contributed by atoms with Crippen molar-refractivity contribution in [2.24, 2.45) is 5.92 Å². The van der Waals surface area contributed by atoms with Crippen molar-refractivity contribution in [1.82, 2.24) is 4.90 Å². The van der Waals surface area contributed by atoms with Gasteiger partial charge in [0.15, 0.2) is 0 Å². The summed E-state index contributed by atoms with van der Waals surface area (Å²) in [6, 6.07) is 1.76. The molecule has 0 bridgehead atoms. The average Bonchev–Trinajstić information content (AvgIpc) is 1.90. The van der Waals surface area contributed by atoms with Gasteiger partial charge in [-0.1, -0.05) is 12.8 Å². The van der Waals surface area contributed by atoms with Crippen molar-refractivity contribution in [3.05, 3.63) is 0 Å². The summed E-state index contributed by atoms with van der Waals surface area (Å²) in [6.07, 6.45) is 5.95. The van der Waals surface area contributed by atoms with Crippen LogP contribution >= 0.6 is 0 Å². The van der Waals surface area contributed by atoms with E-state index in [2.05, 4.69) is 18.7 Å². The molecule has 0 spiro atoms. The van der Waals surface area contributed by atoms with Crippen molar-refractivity contribution in [3.63, 3.8) is 0 Å². The number of fused-ring (bicyclic) bond motifs is 1. The molecule has 1 heterocycles. The minimum Gasteiger partial charge on any atom is -0.297 e. The van der Waals surface area contributed by atoms with E-state index in [1.807, 2.05) is 0 Å². The SMILES string of the molecule is CC(C)N1CC2CCCCC21. The van der Waals surface area contributed by atoms with Crippen LogP contribution in [0.25, 0.3) is 0 Å². The molecule has 1 saturated carbocycles. The number of hydrogen-bond acceptors (Lipinski definition) is 1. The zero-order valence-electron chi connectivity index (χ0n) is 7.71. The third-order valence-corrected chi connectivity index (χ3v) is 3.40. The lowest BCUT2D eigenvalue weighted by Gasteiger charge is -2.53. The van der Waals surface area contributed by atoms with Gasteiger partial charge < -0.3 is 0 Å². The highest BCUT2D eigenvalue weighted by Gasteiger charge is 2.40. The second-order valence-corrected chi connectivity index (χ2v) is 4.40. The van der Waals surface area contributed by atoms with Gasteiger partial charge in [0.1, 0.15) is 0 Å². The smallest absolute Gasteiger partial charge is 0.0139 e. The van der Waals surface area contributed by atoms with Crippen LogP contribution in [0.2, 0.25) is 0 Å². The molecule has 0 N–H and O–H groups in total.